The molecule has 0 bridgehead atoms. The first-order valence-corrected chi connectivity index (χ1v) is 9.51. The molecule has 2 rings (SSSR count). The van der Waals surface area contributed by atoms with Crippen molar-refractivity contribution in [2.45, 2.75) is 33.6 Å². The van der Waals surface area contributed by atoms with E-state index in [4.69, 9.17) is 0 Å². The van der Waals surface area contributed by atoms with Crippen LogP contribution in [0.1, 0.15) is 33.6 Å². The van der Waals surface area contributed by atoms with Crippen molar-refractivity contribution in [1.82, 2.24) is 0 Å². The molecule has 0 aromatic heterocycles. The van der Waals surface area contributed by atoms with Crippen molar-refractivity contribution >= 4 is 3.71 Å². The first-order chi connectivity index (χ1) is 7.24. The van der Waals surface area contributed by atoms with Crippen molar-refractivity contribution in [2.75, 3.05) is 0 Å². The van der Waals surface area contributed by atoms with E-state index in [9.17, 15) is 0 Å². The topological polar surface area (TPSA) is 0 Å². The van der Waals surface area contributed by atoms with Gasteiger partial charge in [0.25, 0.3) is 0 Å². The fourth-order valence-corrected chi connectivity index (χ4v) is 9.02. The first kappa shape index (κ1) is 17.3. The van der Waals surface area contributed by atoms with Gasteiger partial charge in [-0.05, 0) is 0 Å². The molecule has 92 valence electrons. The third kappa shape index (κ3) is 3.63. The van der Waals surface area contributed by atoms with Gasteiger partial charge in [0.2, 0.25) is 0 Å². The monoisotopic (exact) mass is 346 g/mol. The molecule has 0 saturated carbocycles. The number of hydrogen-bond acceptors (Lipinski definition) is 0. The third-order valence-electron chi connectivity index (χ3n) is 3.21. The summed E-state index contributed by atoms with van der Waals surface area (Å²) < 4.78 is 6.03. The molecule has 0 saturated heterocycles. The Hall–Kier alpha value is 0.293. The Labute approximate surface area is 125 Å². The van der Waals surface area contributed by atoms with Gasteiger partial charge in [0.15, 0.2) is 0 Å². The second-order valence-corrected chi connectivity index (χ2v) is 10.5. The van der Waals surface area contributed by atoms with Crippen molar-refractivity contribution in [1.29, 1.82) is 0 Å². The Balaban J connectivity index is 0.00000128. The SMILES string of the molecule is C[CH]=[Zr+2]([C]1=CC=CC1)[C]1=C(C)CC=C1C.[Cl-].[Cl-]. The summed E-state index contributed by atoms with van der Waals surface area (Å²) in [6, 6.07) is 0. The van der Waals surface area contributed by atoms with Crippen molar-refractivity contribution in [3.05, 3.63) is 42.0 Å². The predicted octanol–water partition coefficient (Wildman–Crippen LogP) is -2.10. The van der Waals surface area contributed by atoms with Gasteiger partial charge >= 0.3 is 101 Å². The smallest absolute Gasteiger partial charge is 1.00 e. The molecular weight excluding hydrogens is 330 g/mol. The Bertz CT molecular complexity index is 437. The minimum Gasteiger partial charge on any atom is -1.00 e. The Morgan fingerprint density at radius 2 is 1.88 bits per heavy atom. The normalized spacial score (nSPS) is 17.6. The summed E-state index contributed by atoms with van der Waals surface area (Å²) in [4.78, 5) is 0. The van der Waals surface area contributed by atoms with Gasteiger partial charge in [-0.15, -0.1) is 0 Å². The van der Waals surface area contributed by atoms with E-state index in [1.165, 1.54) is 12.8 Å². The zero-order valence-corrected chi connectivity index (χ0v) is 14.5. The summed E-state index contributed by atoms with van der Waals surface area (Å²) in [5, 5.41) is 0. The molecule has 0 radical (unpaired) electrons. The van der Waals surface area contributed by atoms with Crippen LogP contribution in [0.25, 0.3) is 0 Å². The van der Waals surface area contributed by atoms with E-state index in [0.717, 1.165) is 0 Å². The van der Waals surface area contributed by atoms with E-state index in [1.54, 1.807) is 17.7 Å². The van der Waals surface area contributed by atoms with Crippen LogP contribution in [-0.4, -0.2) is 3.71 Å². The van der Waals surface area contributed by atoms with Crippen LogP contribution in [0.5, 0.6) is 0 Å². The maximum atomic E-state index is 2.53. The summed E-state index contributed by atoms with van der Waals surface area (Å²) in [5.74, 6) is 0. The Kier molecular flexibility index (Phi) is 7.80. The van der Waals surface area contributed by atoms with E-state index in [-0.39, 0.29) is 24.8 Å². The van der Waals surface area contributed by atoms with Crippen LogP contribution in [0.2, 0.25) is 0 Å². The molecule has 0 atom stereocenters. The fourth-order valence-electron chi connectivity index (χ4n) is 2.43. The van der Waals surface area contributed by atoms with Crippen molar-refractivity contribution in [2.24, 2.45) is 0 Å². The molecule has 0 fully saturated rings. The summed E-state index contributed by atoms with van der Waals surface area (Å²) in [5.41, 5.74) is 3.20. The van der Waals surface area contributed by atoms with Gasteiger partial charge < -0.3 is 24.8 Å². The molecule has 0 heterocycles. The van der Waals surface area contributed by atoms with Crippen molar-refractivity contribution in [3.8, 4) is 0 Å². The minimum atomic E-state index is -1.57. The number of allylic oxidation sites excluding steroid dienone is 8. The summed E-state index contributed by atoms with van der Waals surface area (Å²) in [6.45, 7) is 6.87. The van der Waals surface area contributed by atoms with Crippen LogP contribution in [0, 0.1) is 0 Å². The Morgan fingerprint density at radius 1 is 1.18 bits per heavy atom. The maximum Gasteiger partial charge on any atom is -1.00 e. The van der Waals surface area contributed by atoms with Crippen LogP contribution in [0.15, 0.2) is 42.0 Å². The van der Waals surface area contributed by atoms with Crippen molar-refractivity contribution in [3.63, 3.8) is 0 Å². The average Bonchev–Trinajstić information content (AvgIpc) is 2.83. The standard InChI is InChI=1S/C7H9.C5H5.C2H4.2ClH.Zr/c1-6-3-4-7(2)5-6;1-2-4-5-3-1;1-2;;;/h3H,4H2,1-2H3;1-3H,4H2;1H,2H3;2*1H;/q;;;;;+2/p-2. The van der Waals surface area contributed by atoms with Gasteiger partial charge in [0.05, 0.1) is 0 Å². The second kappa shape index (κ2) is 7.67. The zero-order valence-electron chi connectivity index (χ0n) is 10.6. The zero-order chi connectivity index (χ0) is 10.8. The Morgan fingerprint density at radius 3 is 2.29 bits per heavy atom. The molecule has 0 spiro atoms. The second-order valence-electron chi connectivity index (χ2n) is 4.27. The summed E-state index contributed by atoms with van der Waals surface area (Å²) in [6.07, 6.45) is 11.7. The van der Waals surface area contributed by atoms with Gasteiger partial charge in [-0.3, -0.25) is 0 Å². The molecule has 2 aliphatic carbocycles. The maximum absolute atomic E-state index is 2.53. The van der Waals surface area contributed by atoms with Gasteiger partial charge in [0.1, 0.15) is 0 Å². The molecule has 2 aliphatic rings. The number of hydrogen-bond donors (Lipinski definition) is 0. The van der Waals surface area contributed by atoms with Crippen molar-refractivity contribution < 1.29 is 46.1 Å². The van der Waals surface area contributed by atoms with Gasteiger partial charge in [-0.2, -0.15) is 0 Å². The average molecular weight is 348 g/mol. The molecular formula is C14H18Cl2Zr. The summed E-state index contributed by atoms with van der Waals surface area (Å²) >= 11 is -1.57. The molecule has 0 N–H and O–H groups in total. The molecule has 17 heavy (non-hydrogen) atoms. The molecule has 0 aromatic rings. The van der Waals surface area contributed by atoms with E-state index >= 15 is 0 Å². The van der Waals surface area contributed by atoms with Crippen LogP contribution in [0.3, 0.4) is 0 Å². The quantitative estimate of drug-likeness (QED) is 0.537. The minimum absolute atomic E-state index is 0. The van der Waals surface area contributed by atoms with Gasteiger partial charge in [-0.1, -0.05) is 0 Å². The number of halogens is 2. The van der Waals surface area contributed by atoms with Crippen LogP contribution < -0.4 is 24.8 Å². The predicted molar refractivity (Wildman–Crippen MR) is 64.7 cm³/mol. The molecule has 0 aliphatic heterocycles. The van der Waals surface area contributed by atoms with E-state index in [0.29, 0.717) is 0 Å². The first-order valence-electron chi connectivity index (χ1n) is 5.63. The molecule has 3 heteroatoms. The molecule has 0 unspecified atom stereocenters. The molecule has 0 aromatic carbocycles. The van der Waals surface area contributed by atoms with E-state index < -0.39 is 21.3 Å². The van der Waals surface area contributed by atoms with E-state index in [1.807, 2.05) is 0 Å². The van der Waals surface area contributed by atoms with Crippen LogP contribution in [0.4, 0.5) is 0 Å². The third-order valence-corrected chi connectivity index (χ3v) is 10.6. The molecule has 0 nitrogen and oxygen atoms in total. The van der Waals surface area contributed by atoms with Gasteiger partial charge in [-0.25, -0.2) is 0 Å². The fraction of sp³-hybridized carbons (Fsp3) is 0.357. The largest absolute Gasteiger partial charge is 1.00 e. The van der Waals surface area contributed by atoms with Crippen LogP contribution in [-0.2, 0) is 21.3 Å². The number of rotatable bonds is 2. The van der Waals surface area contributed by atoms with E-state index in [2.05, 4.69) is 48.8 Å². The summed E-state index contributed by atoms with van der Waals surface area (Å²) in [7, 11) is 0. The molecule has 0 amide bonds. The van der Waals surface area contributed by atoms with Crippen LogP contribution >= 0.6 is 0 Å². The van der Waals surface area contributed by atoms with Gasteiger partial charge in [0, 0.05) is 0 Å².